The zero-order valence-corrected chi connectivity index (χ0v) is 17.1. The van der Waals surface area contributed by atoms with Crippen LogP contribution >= 0.6 is 0 Å². The van der Waals surface area contributed by atoms with Crippen molar-refractivity contribution in [2.75, 3.05) is 12.3 Å². The summed E-state index contributed by atoms with van der Waals surface area (Å²) in [6.07, 6.45) is 2.61. The maximum atomic E-state index is 13.5. The third-order valence-electron chi connectivity index (χ3n) is 5.06. The van der Waals surface area contributed by atoms with Gasteiger partial charge in [0.2, 0.25) is 5.91 Å². The minimum atomic E-state index is -0.735. The fourth-order valence-corrected chi connectivity index (χ4v) is 3.46. The number of nitrogens with zero attached hydrogens (tertiary/aromatic N) is 5. The quantitative estimate of drug-likeness (QED) is 0.434. The van der Waals surface area contributed by atoms with Crippen molar-refractivity contribution in [3.05, 3.63) is 78.9 Å². The molecule has 0 saturated carbocycles. The van der Waals surface area contributed by atoms with Gasteiger partial charge in [-0.15, -0.1) is 0 Å². The highest BCUT2D eigenvalue weighted by molar-refractivity contribution is 5.98. The van der Waals surface area contributed by atoms with Gasteiger partial charge in [-0.25, -0.2) is 19.0 Å². The van der Waals surface area contributed by atoms with Gasteiger partial charge < -0.3 is 15.7 Å². The van der Waals surface area contributed by atoms with Gasteiger partial charge in [-0.3, -0.25) is 4.79 Å². The molecule has 1 amide bonds. The lowest BCUT2D eigenvalue weighted by atomic mass is 10.1. The molecule has 0 spiro atoms. The number of benzene rings is 2. The number of nitrogen functional groups attached to an aromatic ring is 1. The van der Waals surface area contributed by atoms with Gasteiger partial charge in [0, 0.05) is 18.7 Å². The number of nitrogens with two attached hydrogens (primary N) is 1. The third-order valence-corrected chi connectivity index (χ3v) is 5.06. The maximum absolute atomic E-state index is 13.5. The predicted molar refractivity (Wildman–Crippen MR) is 119 cm³/mol. The first kappa shape index (κ1) is 21.0. The molecule has 0 fully saturated rings. The van der Waals surface area contributed by atoms with E-state index < -0.39 is 11.6 Å². The average molecular weight is 432 g/mol. The van der Waals surface area contributed by atoms with Crippen molar-refractivity contribution in [3.63, 3.8) is 0 Å². The van der Waals surface area contributed by atoms with Gasteiger partial charge in [0.15, 0.2) is 17.2 Å². The monoisotopic (exact) mass is 432 g/mol. The smallest absolute Gasteiger partial charge is 0.246 e. The summed E-state index contributed by atoms with van der Waals surface area (Å²) in [6.45, 7) is 4.68. The van der Waals surface area contributed by atoms with Crippen molar-refractivity contribution in [2.24, 2.45) is 0 Å². The molecule has 0 unspecified atom stereocenters. The molecular weight excluding hydrogens is 411 g/mol. The minimum Gasteiger partial charge on any atom is -0.505 e. The van der Waals surface area contributed by atoms with Crippen LogP contribution in [0, 0.1) is 5.82 Å². The molecule has 162 valence electrons. The SMILES string of the molecule is C=CC(=O)N(CCn1nc(-c2ccc(F)c(O)c2)c2c(N)ncnc21)Cc1ccccc1. The number of amides is 1. The second kappa shape index (κ2) is 8.84. The van der Waals surface area contributed by atoms with E-state index in [1.165, 1.54) is 24.5 Å². The standard InChI is InChI=1S/C23H21FN6O2/c1-2-19(32)29(13-15-6-4-3-5-7-15)10-11-30-23-20(22(25)26-14-27-23)21(28-30)16-8-9-17(24)18(31)12-16/h2-9,12,14,31H,1,10-11,13H2,(H2,25,26,27). The van der Waals surface area contributed by atoms with Gasteiger partial charge >= 0.3 is 0 Å². The average Bonchev–Trinajstić information content (AvgIpc) is 3.18. The number of hydrogen-bond acceptors (Lipinski definition) is 6. The summed E-state index contributed by atoms with van der Waals surface area (Å²) < 4.78 is 15.2. The predicted octanol–water partition coefficient (Wildman–Crippen LogP) is 3.14. The first-order valence-corrected chi connectivity index (χ1v) is 9.89. The van der Waals surface area contributed by atoms with Crippen molar-refractivity contribution in [3.8, 4) is 17.0 Å². The van der Waals surface area contributed by atoms with Crippen molar-refractivity contribution in [1.82, 2.24) is 24.6 Å². The molecule has 0 radical (unpaired) electrons. The van der Waals surface area contributed by atoms with Gasteiger partial charge in [0.05, 0.1) is 11.9 Å². The molecule has 0 aliphatic heterocycles. The first-order valence-electron chi connectivity index (χ1n) is 9.89. The van der Waals surface area contributed by atoms with E-state index in [0.29, 0.717) is 41.9 Å². The van der Waals surface area contributed by atoms with Gasteiger partial charge in [0.1, 0.15) is 17.8 Å². The number of halogens is 1. The fourth-order valence-electron chi connectivity index (χ4n) is 3.46. The van der Waals surface area contributed by atoms with Crippen LogP contribution in [0.4, 0.5) is 10.2 Å². The number of aromatic nitrogens is 4. The molecule has 32 heavy (non-hydrogen) atoms. The van der Waals surface area contributed by atoms with Crippen LogP contribution in [0.3, 0.4) is 0 Å². The molecule has 0 aliphatic carbocycles. The summed E-state index contributed by atoms with van der Waals surface area (Å²) in [6, 6.07) is 13.6. The molecule has 2 aromatic heterocycles. The number of phenolic OH excluding ortho intramolecular Hbond substituents is 1. The van der Waals surface area contributed by atoms with Crippen LogP contribution in [0.25, 0.3) is 22.3 Å². The Balaban J connectivity index is 1.68. The van der Waals surface area contributed by atoms with Crippen LogP contribution in [0.5, 0.6) is 5.75 Å². The molecule has 4 aromatic rings. The highest BCUT2D eigenvalue weighted by Gasteiger charge is 2.19. The number of carbonyl (C=O) groups is 1. The second-order valence-corrected chi connectivity index (χ2v) is 7.14. The molecule has 0 saturated heterocycles. The Morgan fingerprint density at radius 1 is 1.22 bits per heavy atom. The Kier molecular flexibility index (Phi) is 5.80. The summed E-state index contributed by atoms with van der Waals surface area (Å²) in [5, 5.41) is 14.9. The molecule has 0 aliphatic rings. The van der Waals surface area contributed by atoms with Gasteiger partial charge in [0.25, 0.3) is 0 Å². The summed E-state index contributed by atoms with van der Waals surface area (Å²) in [5.74, 6) is -1.22. The lowest BCUT2D eigenvalue weighted by Crippen LogP contribution is -2.32. The van der Waals surface area contributed by atoms with Gasteiger partial charge in [-0.1, -0.05) is 36.9 Å². The summed E-state index contributed by atoms with van der Waals surface area (Å²) in [7, 11) is 0. The Labute approximate surface area is 183 Å². The minimum absolute atomic E-state index is 0.205. The number of aromatic hydroxyl groups is 1. The topological polar surface area (TPSA) is 110 Å². The highest BCUT2D eigenvalue weighted by atomic mass is 19.1. The zero-order valence-electron chi connectivity index (χ0n) is 17.1. The number of fused-ring (bicyclic) bond motifs is 1. The van der Waals surface area contributed by atoms with Crippen molar-refractivity contribution >= 4 is 22.8 Å². The Morgan fingerprint density at radius 3 is 2.72 bits per heavy atom. The second-order valence-electron chi connectivity index (χ2n) is 7.14. The van der Waals surface area contributed by atoms with E-state index in [1.807, 2.05) is 30.3 Å². The molecule has 0 atom stereocenters. The van der Waals surface area contributed by atoms with Crippen LogP contribution in [-0.4, -0.2) is 42.2 Å². The molecule has 2 aromatic carbocycles. The Bertz CT molecular complexity index is 1290. The molecule has 2 heterocycles. The fraction of sp³-hybridized carbons (Fsp3) is 0.130. The van der Waals surface area contributed by atoms with Gasteiger partial charge in [-0.05, 0) is 29.8 Å². The zero-order chi connectivity index (χ0) is 22.7. The number of hydrogen-bond donors (Lipinski definition) is 2. The van der Waals surface area contributed by atoms with E-state index in [4.69, 9.17) is 5.73 Å². The van der Waals surface area contributed by atoms with Crippen LogP contribution < -0.4 is 5.73 Å². The largest absolute Gasteiger partial charge is 0.505 e. The normalized spacial score (nSPS) is 10.9. The van der Waals surface area contributed by atoms with Crippen molar-refractivity contribution in [1.29, 1.82) is 0 Å². The number of phenols is 1. The van der Waals surface area contributed by atoms with Crippen molar-refractivity contribution < 1.29 is 14.3 Å². The van der Waals surface area contributed by atoms with E-state index >= 15 is 0 Å². The third kappa shape index (κ3) is 4.13. The van der Waals surface area contributed by atoms with Crippen LogP contribution in [0.2, 0.25) is 0 Å². The lowest BCUT2D eigenvalue weighted by molar-refractivity contribution is -0.126. The van der Waals surface area contributed by atoms with Crippen LogP contribution in [0.15, 0.2) is 67.5 Å². The van der Waals surface area contributed by atoms with E-state index in [1.54, 1.807) is 9.58 Å². The lowest BCUT2D eigenvalue weighted by Gasteiger charge is -2.21. The molecule has 3 N–H and O–H groups in total. The summed E-state index contributed by atoms with van der Waals surface area (Å²) in [5.41, 5.74) is 8.43. The summed E-state index contributed by atoms with van der Waals surface area (Å²) >= 11 is 0. The number of carbonyl (C=O) groups excluding carboxylic acids is 1. The molecule has 8 nitrogen and oxygen atoms in total. The molecule has 4 rings (SSSR count). The van der Waals surface area contributed by atoms with Crippen LogP contribution in [0.1, 0.15) is 5.56 Å². The van der Waals surface area contributed by atoms with E-state index in [-0.39, 0.29) is 11.7 Å². The van der Waals surface area contributed by atoms with E-state index in [9.17, 15) is 14.3 Å². The van der Waals surface area contributed by atoms with E-state index in [2.05, 4.69) is 21.6 Å². The first-order chi connectivity index (χ1) is 15.5. The van der Waals surface area contributed by atoms with Crippen molar-refractivity contribution in [2.45, 2.75) is 13.1 Å². The molecule has 9 heteroatoms. The number of anilines is 1. The molecular formula is C23H21FN6O2. The van der Waals surface area contributed by atoms with Gasteiger partial charge in [-0.2, -0.15) is 5.10 Å². The Morgan fingerprint density at radius 2 is 2.00 bits per heavy atom. The van der Waals surface area contributed by atoms with Crippen LogP contribution in [-0.2, 0) is 17.9 Å². The Hall–Kier alpha value is -4.27. The highest BCUT2D eigenvalue weighted by Crippen LogP contribution is 2.32. The number of rotatable bonds is 7. The van der Waals surface area contributed by atoms with E-state index in [0.717, 1.165) is 11.6 Å². The summed E-state index contributed by atoms with van der Waals surface area (Å²) in [4.78, 5) is 22.4. The maximum Gasteiger partial charge on any atom is 0.246 e. The molecule has 0 bridgehead atoms.